The second kappa shape index (κ2) is 6.98. The summed E-state index contributed by atoms with van der Waals surface area (Å²) in [7, 11) is 0. The molecule has 0 saturated heterocycles. The van der Waals surface area contributed by atoms with E-state index in [4.69, 9.17) is 0 Å². The third kappa shape index (κ3) is 3.55. The highest BCUT2D eigenvalue weighted by molar-refractivity contribution is 8.14. The molecule has 0 bridgehead atoms. The predicted octanol–water partition coefficient (Wildman–Crippen LogP) is 1.96. The number of Topliss-reactive ketones (excluding diaryl/α,β-unsaturated/α-hetero) is 1. The Balaban J connectivity index is 1.67. The maximum Gasteiger partial charge on any atom is 0.243 e. The average Bonchev–Trinajstić information content (AvgIpc) is 3.02. The minimum absolute atomic E-state index is 0.000727. The summed E-state index contributed by atoms with van der Waals surface area (Å²) in [6.07, 6.45) is 0. The molecular formula is C16H15F2N4OS+. The number of quaternary nitrogens is 1. The minimum Gasteiger partial charge on any atom is -0.293 e. The number of aryl methyl sites for hydroxylation is 1. The summed E-state index contributed by atoms with van der Waals surface area (Å²) in [5.74, 6) is -1.98. The largest absolute Gasteiger partial charge is 0.293 e. The Morgan fingerprint density at radius 1 is 1.25 bits per heavy atom. The van der Waals surface area contributed by atoms with Gasteiger partial charge in [0.15, 0.2) is 5.78 Å². The maximum atomic E-state index is 13.7. The fraction of sp³-hybridized carbons (Fsp3) is 0.125. The number of halogens is 2. The van der Waals surface area contributed by atoms with Crippen LogP contribution in [0.4, 0.5) is 14.5 Å². The minimum atomic E-state index is -0.853. The molecular weight excluding hydrogens is 334 g/mol. The molecule has 8 heteroatoms. The van der Waals surface area contributed by atoms with E-state index in [1.807, 2.05) is 31.2 Å². The van der Waals surface area contributed by atoms with E-state index < -0.39 is 17.4 Å². The molecule has 2 aromatic rings. The van der Waals surface area contributed by atoms with Gasteiger partial charge in [-0.25, -0.2) is 8.78 Å². The zero-order valence-electron chi connectivity index (χ0n) is 12.8. The smallest absolute Gasteiger partial charge is 0.243 e. The molecule has 0 atom stereocenters. The van der Waals surface area contributed by atoms with E-state index in [1.54, 1.807) is 10.5 Å². The second-order valence-electron chi connectivity index (χ2n) is 5.19. The van der Waals surface area contributed by atoms with Gasteiger partial charge in [-0.1, -0.05) is 34.6 Å². The molecule has 24 heavy (non-hydrogen) atoms. The van der Waals surface area contributed by atoms with Crippen molar-refractivity contribution in [3.8, 4) is 0 Å². The first-order valence-electron chi connectivity index (χ1n) is 7.18. The summed E-state index contributed by atoms with van der Waals surface area (Å²) in [4.78, 5) is 12.1. The fourth-order valence-corrected chi connectivity index (χ4v) is 3.00. The van der Waals surface area contributed by atoms with Crippen molar-refractivity contribution >= 4 is 28.4 Å². The van der Waals surface area contributed by atoms with E-state index in [-0.39, 0.29) is 11.3 Å². The topological polar surface area (TPSA) is 61.3 Å². The van der Waals surface area contributed by atoms with Crippen LogP contribution in [0.25, 0.3) is 0 Å². The van der Waals surface area contributed by atoms with Crippen LogP contribution < -0.4 is 16.1 Å². The Labute approximate surface area is 141 Å². The number of nitrogens with one attached hydrogen (secondary N) is 1. The summed E-state index contributed by atoms with van der Waals surface area (Å²) < 4.78 is 26.6. The van der Waals surface area contributed by atoms with E-state index in [0.717, 1.165) is 23.4 Å². The second-order valence-corrected chi connectivity index (χ2v) is 6.14. The van der Waals surface area contributed by atoms with Crippen molar-refractivity contribution in [2.75, 3.05) is 10.8 Å². The zero-order valence-corrected chi connectivity index (χ0v) is 13.6. The molecule has 3 rings (SSSR count). The third-order valence-electron chi connectivity index (χ3n) is 3.43. The van der Waals surface area contributed by atoms with Gasteiger partial charge in [-0.05, 0) is 31.2 Å². The van der Waals surface area contributed by atoms with Crippen molar-refractivity contribution in [2.24, 2.45) is 5.10 Å². The van der Waals surface area contributed by atoms with Gasteiger partial charge < -0.3 is 0 Å². The third-order valence-corrected chi connectivity index (χ3v) is 4.38. The van der Waals surface area contributed by atoms with Gasteiger partial charge >= 0.3 is 0 Å². The van der Waals surface area contributed by atoms with Gasteiger partial charge in [-0.15, -0.1) is 16.1 Å². The molecule has 1 heterocycles. The Morgan fingerprint density at radius 3 is 2.71 bits per heavy atom. The van der Waals surface area contributed by atoms with Crippen LogP contribution in [0.15, 0.2) is 47.6 Å². The average molecular weight is 349 g/mol. The van der Waals surface area contributed by atoms with Crippen molar-refractivity contribution in [2.45, 2.75) is 6.92 Å². The molecule has 0 fully saturated rings. The number of hydrazone groups is 1. The van der Waals surface area contributed by atoms with E-state index in [2.05, 4.69) is 10.6 Å². The molecule has 2 aromatic carbocycles. The van der Waals surface area contributed by atoms with E-state index in [0.29, 0.717) is 11.2 Å². The van der Waals surface area contributed by atoms with E-state index in [1.165, 1.54) is 11.8 Å². The van der Waals surface area contributed by atoms with E-state index >= 15 is 0 Å². The Morgan fingerprint density at radius 2 is 2.00 bits per heavy atom. The molecule has 1 aliphatic rings. The van der Waals surface area contributed by atoms with Gasteiger partial charge in [0, 0.05) is 6.07 Å². The lowest BCUT2D eigenvalue weighted by atomic mass is 10.1. The van der Waals surface area contributed by atoms with Gasteiger partial charge in [-0.3, -0.25) is 4.79 Å². The van der Waals surface area contributed by atoms with Crippen LogP contribution >= 0.6 is 11.8 Å². The van der Waals surface area contributed by atoms with Crippen LogP contribution in [-0.4, -0.2) is 16.7 Å². The van der Waals surface area contributed by atoms with E-state index in [9.17, 15) is 13.6 Å². The Bertz CT molecular complexity index is 795. The summed E-state index contributed by atoms with van der Waals surface area (Å²) in [5, 5.41) is 6.49. The highest BCUT2D eigenvalue weighted by Crippen LogP contribution is 2.19. The number of hydrogen-bond donors (Lipinski definition) is 2. The van der Waals surface area contributed by atoms with Crippen molar-refractivity contribution in [3.63, 3.8) is 0 Å². The number of hydrogen-bond acceptors (Lipinski definition) is 5. The van der Waals surface area contributed by atoms with Crippen LogP contribution in [-0.2, 0) is 0 Å². The van der Waals surface area contributed by atoms with Crippen LogP contribution in [0, 0.1) is 18.6 Å². The summed E-state index contributed by atoms with van der Waals surface area (Å²) >= 11 is 1.18. The molecule has 5 nitrogen and oxygen atoms in total. The predicted molar refractivity (Wildman–Crippen MR) is 89.3 cm³/mol. The fourth-order valence-electron chi connectivity index (χ4n) is 2.17. The van der Waals surface area contributed by atoms with Gasteiger partial charge in [0.2, 0.25) is 5.17 Å². The van der Waals surface area contributed by atoms with Gasteiger partial charge in [0.05, 0.1) is 17.0 Å². The van der Waals surface area contributed by atoms with Gasteiger partial charge in [0.1, 0.15) is 11.6 Å². The normalized spacial score (nSPS) is 13.6. The quantitative estimate of drug-likeness (QED) is 0.654. The number of nitrogens with two attached hydrogens (primary N) is 1. The van der Waals surface area contributed by atoms with Crippen molar-refractivity contribution in [1.82, 2.24) is 5.53 Å². The number of nitrogens with zero attached hydrogens (tertiary/aromatic N) is 2. The zero-order chi connectivity index (χ0) is 17.1. The number of amidine groups is 1. The lowest BCUT2D eigenvalue weighted by Gasteiger charge is -2.14. The number of carbonyl (C=O) groups is 1. The highest BCUT2D eigenvalue weighted by atomic mass is 32.2. The number of thioether (sulfide) groups is 1. The summed E-state index contributed by atoms with van der Waals surface area (Å²) in [6, 6.07) is 10.8. The van der Waals surface area contributed by atoms with Crippen LogP contribution in [0.2, 0.25) is 0 Å². The first kappa shape index (κ1) is 16.4. The van der Waals surface area contributed by atoms with Gasteiger partial charge in [0.25, 0.3) is 0 Å². The van der Waals surface area contributed by atoms with Crippen LogP contribution in [0.5, 0.6) is 0 Å². The molecule has 0 saturated carbocycles. The van der Waals surface area contributed by atoms with Crippen LogP contribution in [0.3, 0.4) is 0 Å². The molecule has 3 N–H and O–H groups in total. The van der Waals surface area contributed by atoms with Crippen molar-refractivity contribution in [3.05, 3.63) is 65.2 Å². The number of rotatable bonds is 4. The highest BCUT2D eigenvalue weighted by Gasteiger charge is 2.25. The monoisotopic (exact) mass is 349 g/mol. The molecule has 0 unspecified atom stereocenters. The molecule has 0 aliphatic carbocycles. The summed E-state index contributed by atoms with van der Waals surface area (Å²) in [6.45, 7) is 2.00. The standard InChI is InChI=1S/C16H14F2N4OS/c1-10-2-5-12(6-3-10)22-16(19-20-21-22)24-9-15(23)13-7-4-11(17)8-14(13)18/h2-8,20-21H,9H2,1H3/p+1. The molecule has 124 valence electrons. The number of carbonyl (C=O) groups excluding carboxylic acids is 1. The Kier molecular flexibility index (Phi) is 4.77. The van der Waals surface area contributed by atoms with Crippen molar-refractivity contribution in [1.29, 1.82) is 0 Å². The number of ketones is 1. The van der Waals surface area contributed by atoms with Crippen molar-refractivity contribution < 1.29 is 19.1 Å². The molecule has 0 aromatic heterocycles. The first-order chi connectivity index (χ1) is 11.5. The van der Waals surface area contributed by atoms with Gasteiger partial charge in [-0.2, -0.15) is 0 Å². The number of anilines is 1. The summed E-state index contributed by atoms with van der Waals surface area (Å²) in [5.41, 5.74) is 6.34. The Hall–Kier alpha value is -2.45. The molecule has 0 spiro atoms. The lowest BCUT2D eigenvalue weighted by molar-refractivity contribution is -0.703. The maximum absolute atomic E-state index is 13.7. The SMILES string of the molecule is Cc1ccc(N2[NH2+]NN=C2SCC(=O)c2ccc(F)cc2F)cc1. The van der Waals surface area contributed by atoms with Crippen LogP contribution in [0.1, 0.15) is 15.9 Å². The molecule has 1 aliphatic heterocycles. The molecule has 0 amide bonds. The molecule has 0 radical (unpaired) electrons. The first-order valence-corrected chi connectivity index (χ1v) is 8.16. The number of benzene rings is 2. The lowest BCUT2D eigenvalue weighted by Crippen LogP contribution is -2.98.